The van der Waals surface area contributed by atoms with Gasteiger partial charge in [-0.05, 0) is 36.1 Å². The lowest BCUT2D eigenvalue weighted by molar-refractivity contribution is 0.626. The van der Waals surface area contributed by atoms with Crippen molar-refractivity contribution < 1.29 is 4.39 Å². The molecule has 0 aliphatic carbocycles. The van der Waals surface area contributed by atoms with Crippen molar-refractivity contribution in [3.05, 3.63) is 108 Å². The van der Waals surface area contributed by atoms with Crippen molar-refractivity contribution in [1.29, 1.82) is 0 Å². The van der Waals surface area contributed by atoms with Crippen LogP contribution in [0.1, 0.15) is 16.8 Å². The smallest absolute Gasteiger partial charge is 0.145 e. The number of nitrogens with zero attached hydrogens (tertiary/aromatic N) is 2. The number of aryl methyl sites for hydroxylation is 1. The van der Waals surface area contributed by atoms with Gasteiger partial charge in [-0.1, -0.05) is 66.2 Å². The molecule has 5 aromatic rings. The maximum absolute atomic E-state index is 13.8. The van der Waals surface area contributed by atoms with Crippen LogP contribution >= 0.6 is 0 Å². The summed E-state index contributed by atoms with van der Waals surface area (Å²) in [6, 6.07) is 25.6. The Morgan fingerprint density at radius 1 is 0.893 bits per heavy atom. The van der Waals surface area contributed by atoms with Crippen LogP contribution < -0.4 is 0 Å². The standard InChI is InChI=1S/C25H19FN2/c1-17-9-11-20(12-10-17)24-23(16-18-5-4-7-21(26)15-18)28-14-13-19-6-2-3-8-22(19)25(28)27-24/h2-15H,16H2,1H3. The molecule has 0 bridgehead atoms. The highest BCUT2D eigenvalue weighted by atomic mass is 19.1. The van der Waals surface area contributed by atoms with E-state index in [0.717, 1.165) is 38.9 Å². The Kier molecular flexibility index (Phi) is 3.94. The Bertz CT molecular complexity index is 1300. The molecule has 0 saturated heterocycles. The van der Waals surface area contributed by atoms with Crippen LogP contribution in [0.4, 0.5) is 4.39 Å². The third-order valence-corrected chi connectivity index (χ3v) is 5.20. The fourth-order valence-electron chi connectivity index (χ4n) is 3.77. The summed E-state index contributed by atoms with van der Waals surface area (Å²) in [4.78, 5) is 5.03. The number of pyridine rings is 1. The zero-order valence-corrected chi connectivity index (χ0v) is 15.6. The summed E-state index contributed by atoms with van der Waals surface area (Å²) in [5.41, 5.74) is 6.16. The average molecular weight is 366 g/mol. The molecule has 0 unspecified atom stereocenters. The topological polar surface area (TPSA) is 17.3 Å². The summed E-state index contributed by atoms with van der Waals surface area (Å²) in [5, 5.41) is 2.27. The molecule has 3 heteroatoms. The summed E-state index contributed by atoms with van der Waals surface area (Å²) >= 11 is 0. The van der Waals surface area contributed by atoms with E-state index in [1.165, 1.54) is 11.6 Å². The minimum absolute atomic E-state index is 0.214. The quantitative estimate of drug-likeness (QED) is 0.372. The van der Waals surface area contributed by atoms with Gasteiger partial charge < -0.3 is 4.40 Å². The Hall–Kier alpha value is -3.46. The van der Waals surface area contributed by atoms with Gasteiger partial charge in [0.15, 0.2) is 0 Å². The lowest BCUT2D eigenvalue weighted by atomic mass is 10.0. The number of aromatic nitrogens is 2. The average Bonchev–Trinajstić information content (AvgIpc) is 3.07. The van der Waals surface area contributed by atoms with Crippen LogP contribution in [0.25, 0.3) is 27.7 Å². The number of rotatable bonds is 3. The Balaban J connectivity index is 1.78. The highest BCUT2D eigenvalue weighted by Gasteiger charge is 2.16. The largest absolute Gasteiger partial charge is 0.303 e. The third-order valence-electron chi connectivity index (χ3n) is 5.20. The molecule has 0 saturated carbocycles. The van der Waals surface area contributed by atoms with Crippen molar-refractivity contribution in [2.45, 2.75) is 13.3 Å². The second kappa shape index (κ2) is 6.61. The van der Waals surface area contributed by atoms with Gasteiger partial charge >= 0.3 is 0 Å². The zero-order valence-electron chi connectivity index (χ0n) is 15.6. The number of fused-ring (bicyclic) bond motifs is 3. The normalized spacial score (nSPS) is 11.4. The van der Waals surface area contributed by atoms with Gasteiger partial charge in [0.2, 0.25) is 0 Å². The van der Waals surface area contributed by atoms with Gasteiger partial charge in [0.05, 0.1) is 11.4 Å². The first-order chi connectivity index (χ1) is 13.7. The molecular formula is C25H19FN2. The molecular weight excluding hydrogens is 347 g/mol. The van der Waals surface area contributed by atoms with Crippen molar-refractivity contribution in [1.82, 2.24) is 9.38 Å². The van der Waals surface area contributed by atoms with E-state index in [4.69, 9.17) is 4.98 Å². The molecule has 0 fully saturated rings. The second-order valence-electron chi connectivity index (χ2n) is 7.18. The molecule has 2 heterocycles. The molecule has 28 heavy (non-hydrogen) atoms. The number of hydrogen-bond donors (Lipinski definition) is 0. The molecule has 0 spiro atoms. The van der Waals surface area contributed by atoms with Crippen LogP contribution in [0.5, 0.6) is 0 Å². The SMILES string of the molecule is Cc1ccc(-c2nc3c4ccccc4ccn3c2Cc2cccc(F)c2)cc1. The molecule has 0 atom stereocenters. The maximum Gasteiger partial charge on any atom is 0.145 e. The van der Waals surface area contributed by atoms with Gasteiger partial charge in [-0.3, -0.25) is 0 Å². The molecule has 0 N–H and O–H groups in total. The number of halogens is 1. The summed E-state index contributed by atoms with van der Waals surface area (Å²) in [6.45, 7) is 2.08. The van der Waals surface area contributed by atoms with Gasteiger partial charge in [-0.25, -0.2) is 9.37 Å². The maximum atomic E-state index is 13.8. The van der Waals surface area contributed by atoms with Crippen molar-refractivity contribution in [2.75, 3.05) is 0 Å². The molecule has 0 amide bonds. The number of hydrogen-bond acceptors (Lipinski definition) is 1. The van der Waals surface area contributed by atoms with Gasteiger partial charge in [0.1, 0.15) is 11.5 Å². The van der Waals surface area contributed by atoms with E-state index in [-0.39, 0.29) is 5.82 Å². The predicted octanol–water partition coefficient (Wildman–Crippen LogP) is 6.19. The lowest BCUT2D eigenvalue weighted by Gasteiger charge is -2.07. The van der Waals surface area contributed by atoms with Gasteiger partial charge in [0, 0.05) is 23.6 Å². The lowest BCUT2D eigenvalue weighted by Crippen LogP contribution is -1.97. The molecule has 0 aliphatic rings. The molecule has 0 radical (unpaired) electrons. The van der Waals surface area contributed by atoms with E-state index in [0.29, 0.717) is 6.42 Å². The van der Waals surface area contributed by atoms with Gasteiger partial charge in [-0.2, -0.15) is 0 Å². The first-order valence-electron chi connectivity index (χ1n) is 9.39. The summed E-state index contributed by atoms with van der Waals surface area (Å²) in [6.07, 6.45) is 2.68. The van der Waals surface area contributed by atoms with E-state index in [9.17, 15) is 4.39 Å². The van der Waals surface area contributed by atoms with Crippen LogP contribution in [0.3, 0.4) is 0 Å². The van der Waals surface area contributed by atoms with Gasteiger partial charge in [-0.15, -0.1) is 0 Å². The molecule has 5 rings (SSSR count). The third kappa shape index (κ3) is 2.85. The number of imidazole rings is 1. The van der Waals surface area contributed by atoms with Crippen LogP contribution in [0.2, 0.25) is 0 Å². The fraction of sp³-hybridized carbons (Fsp3) is 0.0800. The molecule has 3 aromatic carbocycles. The summed E-state index contributed by atoms with van der Waals surface area (Å²) in [5.74, 6) is -0.214. The Morgan fingerprint density at radius 3 is 2.54 bits per heavy atom. The van der Waals surface area contributed by atoms with Crippen LogP contribution in [0.15, 0.2) is 85.1 Å². The summed E-state index contributed by atoms with van der Waals surface area (Å²) in [7, 11) is 0. The Labute approximate surface area is 162 Å². The highest BCUT2D eigenvalue weighted by Crippen LogP contribution is 2.30. The van der Waals surface area contributed by atoms with Crippen LogP contribution in [-0.4, -0.2) is 9.38 Å². The van der Waals surface area contributed by atoms with E-state index >= 15 is 0 Å². The minimum Gasteiger partial charge on any atom is -0.303 e. The first kappa shape index (κ1) is 16.7. The van der Waals surface area contributed by atoms with E-state index in [1.807, 2.05) is 18.2 Å². The first-order valence-corrected chi connectivity index (χ1v) is 9.39. The van der Waals surface area contributed by atoms with E-state index < -0.39 is 0 Å². The van der Waals surface area contributed by atoms with Crippen molar-refractivity contribution in [3.63, 3.8) is 0 Å². The molecule has 2 aromatic heterocycles. The minimum atomic E-state index is -0.214. The number of benzene rings is 3. The monoisotopic (exact) mass is 366 g/mol. The molecule has 2 nitrogen and oxygen atoms in total. The molecule has 136 valence electrons. The predicted molar refractivity (Wildman–Crippen MR) is 112 cm³/mol. The van der Waals surface area contributed by atoms with Crippen LogP contribution in [-0.2, 0) is 6.42 Å². The van der Waals surface area contributed by atoms with E-state index in [1.54, 1.807) is 12.1 Å². The fourth-order valence-corrected chi connectivity index (χ4v) is 3.77. The van der Waals surface area contributed by atoms with Crippen molar-refractivity contribution >= 4 is 16.4 Å². The summed E-state index contributed by atoms with van der Waals surface area (Å²) < 4.78 is 15.9. The van der Waals surface area contributed by atoms with Crippen molar-refractivity contribution in [3.8, 4) is 11.3 Å². The van der Waals surface area contributed by atoms with E-state index in [2.05, 4.69) is 60.0 Å². The molecule has 0 aliphatic heterocycles. The van der Waals surface area contributed by atoms with Gasteiger partial charge in [0.25, 0.3) is 0 Å². The Morgan fingerprint density at radius 2 is 1.71 bits per heavy atom. The zero-order chi connectivity index (χ0) is 19.1. The van der Waals surface area contributed by atoms with Crippen LogP contribution in [0, 0.1) is 12.7 Å². The van der Waals surface area contributed by atoms with Crippen molar-refractivity contribution in [2.24, 2.45) is 0 Å². The highest BCUT2D eigenvalue weighted by molar-refractivity contribution is 5.95. The second-order valence-corrected chi connectivity index (χ2v) is 7.18.